The van der Waals surface area contributed by atoms with Crippen molar-refractivity contribution in [2.75, 3.05) is 18.4 Å². The van der Waals surface area contributed by atoms with E-state index < -0.39 is 0 Å². The number of nitrogens with zero attached hydrogens (tertiary/aromatic N) is 6. The van der Waals surface area contributed by atoms with Crippen LogP contribution in [0.1, 0.15) is 34.5 Å². The minimum Gasteiger partial charge on any atom is -0.368 e. The van der Waals surface area contributed by atoms with Crippen LogP contribution in [0.5, 0.6) is 0 Å². The first-order valence-corrected chi connectivity index (χ1v) is 9.12. The van der Waals surface area contributed by atoms with Gasteiger partial charge in [-0.15, -0.1) is 5.10 Å². The van der Waals surface area contributed by atoms with E-state index in [1.807, 2.05) is 30.7 Å². The maximum absolute atomic E-state index is 12.2. The minimum absolute atomic E-state index is 0.136. The van der Waals surface area contributed by atoms with E-state index in [4.69, 9.17) is 0 Å². The molecule has 1 amide bonds. The molecule has 9 nitrogen and oxygen atoms in total. The molecule has 0 unspecified atom stereocenters. The predicted molar refractivity (Wildman–Crippen MR) is 98.6 cm³/mol. The van der Waals surface area contributed by atoms with E-state index in [2.05, 4.69) is 35.2 Å². The third kappa shape index (κ3) is 4.20. The number of amides is 1. The van der Waals surface area contributed by atoms with Crippen LogP contribution < -0.4 is 10.6 Å². The van der Waals surface area contributed by atoms with Gasteiger partial charge in [-0.2, -0.15) is 0 Å². The Hall–Kier alpha value is -2.88. The number of hydrogen-bond donors (Lipinski definition) is 2. The highest BCUT2D eigenvalue weighted by molar-refractivity contribution is 7.08. The normalized spacial score (nSPS) is 10.7. The van der Waals surface area contributed by atoms with E-state index in [9.17, 15) is 4.79 Å². The van der Waals surface area contributed by atoms with Gasteiger partial charge in [0.25, 0.3) is 5.91 Å². The second kappa shape index (κ2) is 8.48. The van der Waals surface area contributed by atoms with Crippen molar-refractivity contribution >= 4 is 23.3 Å². The summed E-state index contributed by atoms with van der Waals surface area (Å²) in [6, 6.07) is 1.84. The van der Waals surface area contributed by atoms with Crippen LogP contribution in [0.2, 0.25) is 0 Å². The Kier molecular flexibility index (Phi) is 5.84. The summed E-state index contributed by atoms with van der Waals surface area (Å²) in [4.78, 5) is 25.4. The Morgan fingerprint density at radius 3 is 2.92 bits per heavy atom. The number of imidazole rings is 1. The van der Waals surface area contributed by atoms with Gasteiger partial charge in [0.15, 0.2) is 0 Å². The number of nitrogens with one attached hydrogen (secondary N) is 2. The van der Waals surface area contributed by atoms with Crippen LogP contribution in [-0.2, 0) is 6.42 Å². The second-order valence-corrected chi connectivity index (χ2v) is 6.34. The van der Waals surface area contributed by atoms with E-state index in [0.29, 0.717) is 23.8 Å². The number of carbonyl (C=O) groups excluding carboxylic acids is 1. The molecule has 0 saturated carbocycles. The van der Waals surface area contributed by atoms with Gasteiger partial charge in [-0.1, -0.05) is 17.8 Å². The average molecular weight is 372 g/mol. The highest BCUT2D eigenvalue weighted by Gasteiger charge is 2.14. The summed E-state index contributed by atoms with van der Waals surface area (Å²) in [5.74, 6) is 2.13. The highest BCUT2D eigenvalue weighted by atomic mass is 32.1. The van der Waals surface area contributed by atoms with Gasteiger partial charge < -0.3 is 10.6 Å². The number of carbonyl (C=O) groups is 1. The fraction of sp³-hybridized carbons (Fsp3) is 0.375. The zero-order chi connectivity index (χ0) is 18.4. The van der Waals surface area contributed by atoms with E-state index in [0.717, 1.165) is 41.7 Å². The van der Waals surface area contributed by atoms with Gasteiger partial charge in [-0.3, -0.25) is 9.36 Å². The summed E-state index contributed by atoms with van der Waals surface area (Å²) in [5.41, 5.74) is 0.763. The van der Waals surface area contributed by atoms with E-state index >= 15 is 0 Å². The van der Waals surface area contributed by atoms with Gasteiger partial charge in [0, 0.05) is 31.5 Å². The summed E-state index contributed by atoms with van der Waals surface area (Å²) < 4.78 is 5.75. The molecule has 0 spiro atoms. The Labute approximate surface area is 155 Å². The van der Waals surface area contributed by atoms with Gasteiger partial charge in [0.05, 0.1) is 5.69 Å². The fourth-order valence-corrected chi connectivity index (χ4v) is 3.05. The maximum Gasteiger partial charge on any atom is 0.265 e. The Balaban J connectivity index is 1.52. The zero-order valence-corrected chi connectivity index (χ0v) is 15.5. The van der Waals surface area contributed by atoms with Crippen LogP contribution in [0.3, 0.4) is 0 Å². The number of aromatic nitrogens is 6. The van der Waals surface area contributed by atoms with Crippen molar-refractivity contribution in [3.8, 4) is 5.82 Å². The van der Waals surface area contributed by atoms with E-state index in [-0.39, 0.29) is 5.91 Å². The predicted octanol–water partition coefficient (Wildman–Crippen LogP) is 1.62. The summed E-state index contributed by atoms with van der Waals surface area (Å²) in [6.07, 6.45) is 6.75. The molecule has 26 heavy (non-hydrogen) atoms. The van der Waals surface area contributed by atoms with Gasteiger partial charge in [0.2, 0.25) is 0 Å². The van der Waals surface area contributed by atoms with Crippen molar-refractivity contribution in [1.29, 1.82) is 0 Å². The standard InChI is InChI=1S/C16H20N8OS/c1-3-4-12-15(26-23-22-12)16(25)19-6-5-18-13-9-14(21-10-20-13)24-8-7-17-11(24)2/h7-10H,3-6H2,1-2H3,(H,19,25)(H,18,20,21). The molecule has 3 heterocycles. The quantitative estimate of drug-likeness (QED) is 0.578. The Bertz CT molecular complexity index is 875. The molecule has 0 radical (unpaired) electrons. The summed E-state index contributed by atoms with van der Waals surface area (Å²) in [5, 5.41) is 10.1. The van der Waals surface area contributed by atoms with Crippen molar-refractivity contribution < 1.29 is 4.79 Å². The van der Waals surface area contributed by atoms with Crippen LogP contribution in [0.25, 0.3) is 5.82 Å². The van der Waals surface area contributed by atoms with Gasteiger partial charge in [-0.25, -0.2) is 15.0 Å². The molecule has 0 bridgehead atoms. The number of hydrogen-bond acceptors (Lipinski definition) is 8. The average Bonchev–Trinajstić information content (AvgIpc) is 3.28. The largest absolute Gasteiger partial charge is 0.368 e. The molecular formula is C16H20N8OS. The molecule has 0 fully saturated rings. The lowest BCUT2D eigenvalue weighted by molar-refractivity contribution is 0.0958. The lowest BCUT2D eigenvalue weighted by atomic mass is 10.2. The molecule has 3 aromatic heterocycles. The van der Waals surface area contributed by atoms with E-state index in [1.54, 1.807) is 6.20 Å². The molecule has 0 saturated heterocycles. The van der Waals surface area contributed by atoms with Crippen LogP contribution in [0.15, 0.2) is 24.8 Å². The molecule has 10 heteroatoms. The van der Waals surface area contributed by atoms with Crippen molar-refractivity contribution in [3.05, 3.63) is 41.2 Å². The highest BCUT2D eigenvalue weighted by Crippen LogP contribution is 2.12. The third-order valence-corrected chi connectivity index (χ3v) is 4.46. The number of anilines is 1. The van der Waals surface area contributed by atoms with Crippen LogP contribution in [0, 0.1) is 6.92 Å². The van der Waals surface area contributed by atoms with Crippen molar-refractivity contribution in [1.82, 2.24) is 34.4 Å². The van der Waals surface area contributed by atoms with Crippen molar-refractivity contribution in [2.45, 2.75) is 26.7 Å². The minimum atomic E-state index is -0.136. The lowest BCUT2D eigenvalue weighted by Gasteiger charge is -2.09. The fourth-order valence-electron chi connectivity index (χ4n) is 2.42. The number of aryl methyl sites for hydroxylation is 2. The molecule has 0 aliphatic heterocycles. The first-order valence-electron chi connectivity index (χ1n) is 8.34. The molecule has 0 aromatic carbocycles. The SMILES string of the molecule is CCCc1nnsc1C(=O)NCCNc1cc(-n2ccnc2C)ncn1. The molecular weight excluding hydrogens is 352 g/mol. The van der Waals surface area contributed by atoms with Crippen LogP contribution in [-0.4, -0.2) is 48.1 Å². The van der Waals surface area contributed by atoms with Gasteiger partial charge >= 0.3 is 0 Å². The summed E-state index contributed by atoms with van der Waals surface area (Å²) in [7, 11) is 0. The second-order valence-electron chi connectivity index (χ2n) is 5.59. The summed E-state index contributed by atoms with van der Waals surface area (Å²) in [6.45, 7) is 4.96. The van der Waals surface area contributed by atoms with E-state index in [1.165, 1.54) is 6.33 Å². The molecule has 2 N–H and O–H groups in total. The zero-order valence-electron chi connectivity index (χ0n) is 14.6. The monoisotopic (exact) mass is 372 g/mol. The van der Waals surface area contributed by atoms with Gasteiger partial charge in [0.1, 0.15) is 28.7 Å². The maximum atomic E-state index is 12.2. The van der Waals surface area contributed by atoms with Crippen molar-refractivity contribution in [3.63, 3.8) is 0 Å². The molecule has 0 atom stereocenters. The molecule has 0 aliphatic carbocycles. The van der Waals surface area contributed by atoms with Crippen LogP contribution in [0.4, 0.5) is 5.82 Å². The molecule has 3 aromatic rings. The smallest absolute Gasteiger partial charge is 0.265 e. The molecule has 136 valence electrons. The topological polar surface area (TPSA) is 111 Å². The van der Waals surface area contributed by atoms with Crippen LogP contribution >= 0.6 is 11.5 Å². The van der Waals surface area contributed by atoms with Gasteiger partial charge in [-0.05, 0) is 24.9 Å². The third-order valence-electron chi connectivity index (χ3n) is 3.69. The molecule has 0 aliphatic rings. The Morgan fingerprint density at radius 2 is 2.15 bits per heavy atom. The lowest BCUT2D eigenvalue weighted by Crippen LogP contribution is -2.29. The number of rotatable bonds is 8. The molecule has 3 rings (SSSR count). The first-order chi connectivity index (χ1) is 12.7. The summed E-state index contributed by atoms with van der Waals surface area (Å²) >= 11 is 1.13. The Morgan fingerprint density at radius 1 is 1.27 bits per heavy atom. The first kappa shape index (κ1) is 17.9. The van der Waals surface area contributed by atoms with Crippen molar-refractivity contribution in [2.24, 2.45) is 0 Å².